The molecular formula is C79H84N10O17. The number of nitrogens with zero attached hydrogens (tertiary/aromatic N) is 9. The van der Waals surface area contributed by atoms with E-state index in [2.05, 4.69) is 46.8 Å². The molecule has 4 aliphatic heterocycles. The molecule has 4 saturated heterocycles. The van der Waals surface area contributed by atoms with Gasteiger partial charge in [0.15, 0.2) is 28.4 Å². The molecule has 4 aromatic heterocycles. The fourth-order valence-electron chi connectivity index (χ4n) is 13.8. The number of anilines is 2. The highest BCUT2D eigenvalue weighted by Gasteiger charge is 2.43. The summed E-state index contributed by atoms with van der Waals surface area (Å²) >= 11 is 0. The van der Waals surface area contributed by atoms with Gasteiger partial charge in [0.2, 0.25) is 11.8 Å². The molecule has 8 atom stereocenters. The second kappa shape index (κ2) is 34.6. The van der Waals surface area contributed by atoms with Gasteiger partial charge in [0, 0.05) is 31.6 Å². The number of rotatable bonds is 25. The van der Waals surface area contributed by atoms with Crippen LogP contribution in [0, 0.1) is 11.8 Å². The molecule has 6 N–H and O–H groups in total. The number of hydrogen-bond acceptors (Lipinski definition) is 22. The van der Waals surface area contributed by atoms with E-state index in [9.17, 15) is 39.0 Å². The minimum atomic E-state index is -1.03. The van der Waals surface area contributed by atoms with E-state index in [-0.39, 0.29) is 95.5 Å². The maximum absolute atomic E-state index is 13.4. The number of imide groups is 1. The third-order valence-corrected chi connectivity index (χ3v) is 19.3. The van der Waals surface area contributed by atoms with Crippen molar-refractivity contribution in [2.75, 3.05) is 38.1 Å². The predicted octanol–water partition coefficient (Wildman–Crippen LogP) is 10.7. The van der Waals surface area contributed by atoms with Crippen molar-refractivity contribution in [1.82, 2.24) is 39.0 Å². The number of piperidine rings is 1. The number of cyclic esters (lactones) is 2. The number of imidazole rings is 2. The van der Waals surface area contributed by atoms with Gasteiger partial charge in [-0.1, -0.05) is 141 Å². The van der Waals surface area contributed by atoms with Gasteiger partial charge >= 0.3 is 23.9 Å². The van der Waals surface area contributed by atoms with Gasteiger partial charge in [0.1, 0.15) is 53.3 Å². The van der Waals surface area contributed by atoms with Crippen LogP contribution in [0.2, 0.25) is 0 Å². The molecule has 8 heterocycles. The number of ether oxygens (including phenoxy) is 7. The Kier molecular flexibility index (Phi) is 24.8. The molecule has 0 radical (unpaired) electrons. The summed E-state index contributed by atoms with van der Waals surface area (Å²) in [6.07, 6.45) is 8.93. The number of carbonyl (C=O) groups excluding carboxylic acids is 4. The first-order valence-corrected chi connectivity index (χ1v) is 34.6. The zero-order valence-corrected chi connectivity index (χ0v) is 57.8. The van der Waals surface area contributed by atoms with E-state index in [1.54, 1.807) is 31.4 Å². The molecule has 10 aromatic rings. The summed E-state index contributed by atoms with van der Waals surface area (Å²) in [5.74, 6) is -3.05. The SMILES string of the molecule is C.COc1ccc(C(OC[C@@H]2CC[C@H](n3cnc4c(N)ncnc43)O2)(c2ccccc2)c2ccc(CO)cc2)cc1.COc1ccc(C(OC[C@@H]2CC[C@H](n3cnc4c(N5C(=O)CCC(CCC(=O)O)C5=O)ncnc43)O2)(c2ccccc2)c2ccc(CO)cc2)cc1.O=C(O)CCC1CCC(=O)OC1=O. The van der Waals surface area contributed by atoms with Crippen LogP contribution >= 0.6 is 0 Å². The largest absolute Gasteiger partial charge is 0.497 e. The number of carbonyl (C=O) groups is 6. The first-order valence-electron chi connectivity index (χ1n) is 34.6. The Morgan fingerprint density at radius 1 is 0.519 bits per heavy atom. The summed E-state index contributed by atoms with van der Waals surface area (Å²) < 4.78 is 46.0. The average Bonchev–Trinajstić information content (AvgIpc) is 1.24. The normalized spacial score (nSPS) is 19.7. The van der Waals surface area contributed by atoms with Gasteiger partial charge in [0.05, 0.1) is 71.4 Å². The Morgan fingerprint density at radius 3 is 1.40 bits per heavy atom. The number of benzene rings is 6. The van der Waals surface area contributed by atoms with Crippen LogP contribution in [-0.2, 0) is 76.9 Å². The number of methoxy groups -OCH3 is 2. The van der Waals surface area contributed by atoms with E-state index < -0.39 is 65.0 Å². The Labute approximate surface area is 610 Å². The molecule has 27 nitrogen and oxygen atoms in total. The van der Waals surface area contributed by atoms with Crippen LogP contribution < -0.4 is 20.1 Å². The minimum Gasteiger partial charge on any atom is -0.497 e. The van der Waals surface area contributed by atoms with Crippen LogP contribution in [-0.4, -0.2) is 135 Å². The molecule has 0 bridgehead atoms. The van der Waals surface area contributed by atoms with Crippen LogP contribution in [0.5, 0.6) is 11.5 Å². The van der Waals surface area contributed by atoms with Gasteiger partial charge in [-0.15, -0.1) is 0 Å². The number of hydrogen-bond donors (Lipinski definition) is 5. The number of fused-ring (bicyclic) bond motifs is 2. The van der Waals surface area contributed by atoms with Crippen LogP contribution in [0.4, 0.5) is 11.6 Å². The molecule has 4 unspecified atom stereocenters. The van der Waals surface area contributed by atoms with Crippen molar-refractivity contribution in [2.45, 2.75) is 134 Å². The Hall–Kier alpha value is -11.2. The summed E-state index contributed by atoms with van der Waals surface area (Å²) in [6.45, 7) is 0.481. The lowest BCUT2D eigenvalue weighted by Crippen LogP contribution is -2.46. The van der Waals surface area contributed by atoms with E-state index in [1.165, 1.54) is 12.7 Å². The molecular weight excluding hydrogens is 1360 g/mol. The van der Waals surface area contributed by atoms with E-state index in [0.29, 0.717) is 54.9 Å². The van der Waals surface area contributed by atoms with E-state index >= 15 is 0 Å². The third-order valence-electron chi connectivity index (χ3n) is 19.3. The van der Waals surface area contributed by atoms with Crippen molar-refractivity contribution in [3.05, 3.63) is 228 Å². The lowest BCUT2D eigenvalue weighted by Gasteiger charge is -2.37. The zero-order chi connectivity index (χ0) is 73.6. The smallest absolute Gasteiger partial charge is 0.316 e. The third kappa shape index (κ3) is 16.6. The Bertz CT molecular complexity index is 4560. The fourth-order valence-corrected chi connectivity index (χ4v) is 13.8. The van der Waals surface area contributed by atoms with Crippen molar-refractivity contribution in [1.29, 1.82) is 0 Å². The summed E-state index contributed by atoms with van der Waals surface area (Å²) in [5, 5.41) is 36.9. The van der Waals surface area contributed by atoms with Gasteiger partial charge in [-0.2, -0.15) is 0 Å². The molecule has 4 fully saturated rings. The lowest BCUT2D eigenvalue weighted by molar-refractivity contribution is -0.167. The summed E-state index contributed by atoms with van der Waals surface area (Å²) in [7, 11) is 3.28. The Morgan fingerprint density at radius 2 is 0.943 bits per heavy atom. The highest BCUT2D eigenvalue weighted by atomic mass is 16.6. The summed E-state index contributed by atoms with van der Waals surface area (Å²) in [4.78, 5) is 96.4. The van der Waals surface area contributed by atoms with E-state index in [0.717, 1.165) is 73.7 Å². The Balaban J connectivity index is 0.000000183. The summed E-state index contributed by atoms with van der Waals surface area (Å²) in [5.41, 5.74) is 13.1. The van der Waals surface area contributed by atoms with Crippen LogP contribution in [0.15, 0.2) is 183 Å². The molecule has 552 valence electrons. The van der Waals surface area contributed by atoms with Crippen molar-refractivity contribution in [2.24, 2.45) is 11.8 Å². The second-order valence-electron chi connectivity index (χ2n) is 25.8. The quantitative estimate of drug-likeness (QED) is 0.0154. The molecule has 14 rings (SSSR count). The number of nitrogens with two attached hydrogens (primary N) is 1. The summed E-state index contributed by atoms with van der Waals surface area (Å²) in [6, 6.07) is 51.5. The number of amides is 2. The topological polar surface area (TPSA) is 364 Å². The maximum atomic E-state index is 13.4. The molecule has 0 saturated carbocycles. The molecule has 0 aliphatic carbocycles. The molecule has 0 spiro atoms. The van der Waals surface area contributed by atoms with Crippen molar-refractivity contribution < 1.29 is 82.4 Å². The lowest BCUT2D eigenvalue weighted by atomic mass is 9.79. The maximum Gasteiger partial charge on any atom is 0.316 e. The number of aliphatic hydroxyl groups excluding tert-OH is 2. The zero-order valence-electron chi connectivity index (χ0n) is 57.8. The van der Waals surface area contributed by atoms with Crippen molar-refractivity contribution in [3.63, 3.8) is 0 Å². The van der Waals surface area contributed by atoms with E-state index in [1.807, 2.05) is 150 Å². The number of esters is 2. The molecule has 2 amide bonds. The van der Waals surface area contributed by atoms with Crippen LogP contribution in [0.3, 0.4) is 0 Å². The molecule has 106 heavy (non-hydrogen) atoms. The highest BCUT2D eigenvalue weighted by Crippen LogP contribution is 2.45. The number of nitrogen functional groups attached to an aromatic ring is 1. The number of aliphatic carboxylic acids is 2. The van der Waals surface area contributed by atoms with Crippen molar-refractivity contribution >= 4 is 69.7 Å². The van der Waals surface area contributed by atoms with Crippen molar-refractivity contribution in [3.8, 4) is 11.5 Å². The highest BCUT2D eigenvalue weighted by molar-refractivity contribution is 6.19. The molecule has 4 aliphatic rings. The monoisotopic (exact) mass is 1440 g/mol. The van der Waals surface area contributed by atoms with Gasteiger partial charge in [-0.3, -0.25) is 37.9 Å². The molecule has 6 aromatic carbocycles. The van der Waals surface area contributed by atoms with Crippen LogP contribution in [0.25, 0.3) is 22.3 Å². The van der Waals surface area contributed by atoms with Gasteiger partial charge in [-0.05, 0) is 120 Å². The van der Waals surface area contributed by atoms with Gasteiger partial charge in [-0.25, -0.2) is 34.8 Å². The first kappa shape index (κ1) is 75.9. The number of carboxylic acids is 2. The van der Waals surface area contributed by atoms with Gasteiger partial charge in [0.25, 0.3) is 0 Å². The van der Waals surface area contributed by atoms with Crippen LogP contribution in [0.1, 0.15) is 141 Å². The number of aromatic nitrogens is 8. The first-order chi connectivity index (χ1) is 51.0. The standard InChI is InChI=1S/C39H39N5O8.C31H31N5O4.C8H10O5.CH4/c1-50-30-15-13-29(14-16-30)39(27-5-3-2-4-6-27,28-11-7-25(21-45)8-12-28)51-22-31-17-19-33(52-31)43-24-42-35-36(43)40-23-41-37(35)44-32(46)18-9-26(38(44)49)10-20-34(47)48;1-38-25-13-11-24(12-14-25)31(22-5-3-2-4-6-22,23-9-7-21(17-37)8-10-23)39-18-26-15-16-27(40-26)36-20-35-28-29(32)33-19-34-30(28)36;9-6(10)3-1-5-2-4-7(11)13-8(5)12;/h2-8,11-16,23-24,26,31,33,45H,9-10,17-22H2,1H3,(H,47,48);2-14,19-20,26-27,37H,15-18H2,1H3,(H2,32,33,34);5H,1-4H2,(H,9,10);1H4/t26?,31-,33+,39?;26-,27+,31?;;/m00../s1. The average molecular weight is 1450 g/mol. The number of carboxylic acid groups (broad SMARTS) is 2. The van der Waals surface area contributed by atoms with Gasteiger partial charge < -0.3 is 59.3 Å². The fraction of sp³-hybridized carbons (Fsp3) is 0.342. The minimum absolute atomic E-state index is 0. The second-order valence-corrected chi connectivity index (χ2v) is 25.8. The molecule has 27 heteroatoms. The van der Waals surface area contributed by atoms with E-state index in [4.69, 9.17) is 44.4 Å². The predicted molar refractivity (Wildman–Crippen MR) is 386 cm³/mol. The number of aliphatic hydroxyl groups is 2.